The average molecular weight is 399 g/mol. The highest BCUT2D eigenvalue weighted by Gasteiger charge is 2.26. The van der Waals surface area contributed by atoms with E-state index in [-0.39, 0.29) is 13.0 Å². The van der Waals surface area contributed by atoms with E-state index >= 15 is 0 Å². The molecule has 0 unspecified atom stereocenters. The maximum absolute atomic E-state index is 8.67. The minimum absolute atomic E-state index is 0.142. The zero-order chi connectivity index (χ0) is 18.0. The summed E-state index contributed by atoms with van der Waals surface area (Å²) >= 11 is 12.3. The monoisotopic (exact) mass is 398 g/mol. The Bertz CT molecular complexity index is 486. The molecular formula is C16H25Cl2O5P. The van der Waals surface area contributed by atoms with Gasteiger partial charge in [0.25, 0.3) is 4.52 Å². The van der Waals surface area contributed by atoms with Gasteiger partial charge in [-0.1, -0.05) is 43.0 Å². The number of benzene rings is 1. The molecule has 0 aliphatic carbocycles. The molecule has 0 saturated heterocycles. The summed E-state index contributed by atoms with van der Waals surface area (Å²) in [6, 6.07) is 5.52. The molecule has 0 aliphatic heterocycles. The van der Waals surface area contributed by atoms with Gasteiger partial charge in [0.2, 0.25) is 0 Å². The van der Waals surface area contributed by atoms with Crippen LogP contribution in [0.15, 0.2) is 18.2 Å². The molecule has 2 N–H and O–H groups in total. The van der Waals surface area contributed by atoms with Gasteiger partial charge in [-0.05, 0) is 37.5 Å². The van der Waals surface area contributed by atoms with Crippen molar-refractivity contribution < 1.29 is 23.8 Å². The van der Waals surface area contributed by atoms with E-state index in [4.69, 9.17) is 42.5 Å². The highest BCUT2D eigenvalue weighted by atomic mass is 35.5. The molecule has 0 bridgehead atoms. The number of hydrogen-bond donors (Lipinski definition) is 2. The van der Waals surface area contributed by atoms with Crippen molar-refractivity contribution in [3.05, 3.63) is 23.8 Å². The second kappa shape index (κ2) is 11.3. The van der Waals surface area contributed by atoms with Crippen molar-refractivity contribution >= 4 is 31.8 Å². The van der Waals surface area contributed by atoms with Crippen molar-refractivity contribution in [1.82, 2.24) is 0 Å². The minimum Gasteiger partial charge on any atom is -0.493 e. The molecular weight excluding hydrogens is 374 g/mol. The fourth-order valence-corrected chi connectivity index (χ4v) is 2.78. The second-order valence-corrected chi connectivity index (χ2v) is 7.64. The van der Waals surface area contributed by atoms with Gasteiger partial charge in [0, 0.05) is 12.5 Å². The summed E-state index contributed by atoms with van der Waals surface area (Å²) in [5.41, 5.74) is 0.983. The lowest BCUT2D eigenvalue weighted by atomic mass is 10.2. The molecule has 138 valence electrons. The minimum atomic E-state index is -2.36. The molecule has 24 heavy (non-hydrogen) atoms. The summed E-state index contributed by atoms with van der Waals surface area (Å²) in [6.45, 7) is 4.89. The van der Waals surface area contributed by atoms with Crippen LogP contribution in [-0.2, 0) is 4.52 Å². The molecule has 0 aliphatic rings. The van der Waals surface area contributed by atoms with Crippen LogP contribution >= 0.6 is 31.8 Å². The van der Waals surface area contributed by atoms with E-state index in [1.807, 2.05) is 19.1 Å². The summed E-state index contributed by atoms with van der Waals surface area (Å²) in [5.74, 6) is 1.25. The van der Waals surface area contributed by atoms with Gasteiger partial charge in [0.05, 0.1) is 13.2 Å². The van der Waals surface area contributed by atoms with Crippen LogP contribution in [-0.4, -0.2) is 27.5 Å². The molecule has 0 amide bonds. The van der Waals surface area contributed by atoms with Crippen LogP contribution < -0.4 is 9.47 Å². The smallest absolute Gasteiger partial charge is 0.327 e. The fourth-order valence-electron chi connectivity index (χ4n) is 2.05. The number of unbranched alkanes of at least 4 members (excludes halogenated alkanes) is 2. The summed E-state index contributed by atoms with van der Waals surface area (Å²) < 4.78 is 14.6. The predicted molar refractivity (Wildman–Crippen MR) is 97.8 cm³/mol. The Morgan fingerprint density at radius 3 is 2.42 bits per heavy atom. The number of aryl methyl sites for hydroxylation is 1. The Hall–Kier alpha value is -0.290. The maximum Gasteiger partial charge on any atom is 0.327 e. The Labute approximate surface area is 154 Å². The third-order valence-corrected chi connectivity index (χ3v) is 4.07. The molecule has 0 spiro atoms. The SMILES string of the molecule is CCCCCOc1cc(C)cc(OC(Cl)(Cl)CCCOP(O)O)c1. The van der Waals surface area contributed by atoms with Crippen molar-refractivity contribution in [2.45, 2.75) is 50.5 Å². The molecule has 0 atom stereocenters. The first-order chi connectivity index (χ1) is 11.3. The van der Waals surface area contributed by atoms with Crippen LogP contribution in [0, 0.1) is 6.92 Å². The zero-order valence-corrected chi connectivity index (χ0v) is 16.4. The standard InChI is InChI=1S/C16H25Cl2O5P/c1-3-4-5-8-21-14-10-13(2)11-15(12-14)23-16(17,18)7-6-9-22-24(19)20/h10-12,19-20H,3-9H2,1-2H3. The third kappa shape index (κ3) is 9.87. The summed E-state index contributed by atoms with van der Waals surface area (Å²) in [6.07, 6.45) is 3.99. The largest absolute Gasteiger partial charge is 0.493 e. The highest BCUT2D eigenvalue weighted by molar-refractivity contribution is 7.39. The molecule has 1 rings (SSSR count). The molecule has 0 fully saturated rings. The lowest BCUT2D eigenvalue weighted by Gasteiger charge is -2.22. The van der Waals surface area contributed by atoms with Crippen molar-refractivity contribution in [3.63, 3.8) is 0 Å². The van der Waals surface area contributed by atoms with Crippen molar-refractivity contribution in [2.75, 3.05) is 13.2 Å². The summed E-state index contributed by atoms with van der Waals surface area (Å²) in [5, 5.41) is 0. The first-order valence-corrected chi connectivity index (χ1v) is 9.86. The van der Waals surface area contributed by atoms with Gasteiger partial charge in [-0.15, -0.1) is 0 Å². The zero-order valence-electron chi connectivity index (χ0n) is 14.0. The second-order valence-electron chi connectivity index (χ2n) is 5.47. The van der Waals surface area contributed by atoms with Gasteiger partial charge in [0.1, 0.15) is 11.5 Å². The maximum atomic E-state index is 8.67. The Balaban J connectivity index is 2.53. The molecule has 0 heterocycles. The Morgan fingerprint density at radius 1 is 1.04 bits per heavy atom. The van der Waals surface area contributed by atoms with Gasteiger partial charge < -0.3 is 23.8 Å². The van der Waals surface area contributed by atoms with E-state index in [1.54, 1.807) is 6.07 Å². The van der Waals surface area contributed by atoms with E-state index in [9.17, 15) is 0 Å². The lowest BCUT2D eigenvalue weighted by Crippen LogP contribution is -2.22. The highest BCUT2D eigenvalue weighted by Crippen LogP contribution is 2.34. The average Bonchev–Trinajstić information content (AvgIpc) is 2.47. The summed E-state index contributed by atoms with van der Waals surface area (Å²) in [4.78, 5) is 17.3. The summed E-state index contributed by atoms with van der Waals surface area (Å²) in [7, 11) is -2.36. The van der Waals surface area contributed by atoms with Crippen molar-refractivity contribution in [2.24, 2.45) is 0 Å². The van der Waals surface area contributed by atoms with Crippen molar-refractivity contribution in [3.8, 4) is 11.5 Å². The lowest BCUT2D eigenvalue weighted by molar-refractivity contribution is 0.199. The molecule has 1 aromatic rings. The molecule has 0 radical (unpaired) electrons. The number of hydrogen-bond acceptors (Lipinski definition) is 5. The molecule has 8 heteroatoms. The van der Waals surface area contributed by atoms with Gasteiger partial charge in [-0.3, -0.25) is 0 Å². The van der Waals surface area contributed by atoms with Crippen LogP contribution in [0.4, 0.5) is 0 Å². The quantitative estimate of drug-likeness (QED) is 0.291. The van der Waals surface area contributed by atoms with Gasteiger partial charge in [-0.2, -0.15) is 0 Å². The first kappa shape index (κ1) is 21.8. The normalized spacial score (nSPS) is 11.8. The van der Waals surface area contributed by atoms with Gasteiger partial charge in [-0.25, -0.2) is 0 Å². The third-order valence-electron chi connectivity index (χ3n) is 3.13. The van der Waals surface area contributed by atoms with Gasteiger partial charge >= 0.3 is 8.60 Å². The van der Waals surface area contributed by atoms with Crippen LogP contribution in [0.3, 0.4) is 0 Å². The molecule has 0 aromatic heterocycles. The van der Waals surface area contributed by atoms with Crippen LogP contribution in [0.25, 0.3) is 0 Å². The van der Waals surface area contributed by atoms with Crippen LogP contribution in [0.5, 0.6) is 11.5 Å². The van der Waals surface area contributed by atoms with Gasteiger partial charge in [0.15, 0.2) is 0 Å². The molecule has 1 aromatic carbocycles. The van der Waals surface area contributed by atoms with E-state index in [2.05, 4.69) is 11.4 Å². The van der Waals surface area contributed by atoms with E-state index in [0.717, 1.165) is 30.6 Å². The predicted octanol–water partition coefficient (Wildman–Crippen LogP) is 5.08. The Kier molecular flexibility index (Phi) is 10.3. The van der Waals surface area contributed by atoms with E-state index < -0.39 is 13.1 Å². The van der Waals surface area contributed by atoms with E-state index in [1.165, 1.54) is 0 Å². The topological polar surface area (TPSA) is 68.2 Å². The number of alkyl halides is 2. The van der Waals surface area contributed by atoms with Crippen LogP contribution in [0.1, 0.15) is 44.6 Å². The Morgan fingerprint density at radius 2 is 1.75 bits per heavy atom. The van der Waals surface area contributed by atoms with Crippen LogP contribution in [0.2, 0.25) is 0 Å². The number of rotatable bonds is 12. The number of halogens is 2. The first-order valence-electron chi connectivity index (χ1n) is 7.94. The van der Waals surface area contributed by atoms with Crippen molar-refractivity contribution in [1.29, 1.82) is 0 Å². The van der Waals surface area contributed by atoms with E-state index in [0.29, 0.717) is 18.8 Å². The molecule has 0 saturated carbocycles. The molecule has 5 nitrogen and oxygen atoms in total. The fraction of sp³-hybridized carbons (Fsp3) is 0.625. The number of ether oxygens (including phenoxy) is 2.